The first-order chi connectivity index (χ1) is 13.0. The van der Waals surface area contributed by atoms with Gasteiger partial charge in [0.05, 0.1) is 11.2 Å². The van der Waals surface area contributed by atoms with Crippen LogP contribution in [0.15, 0.2) is 65.2 Å². The molecular formula is C20H18ClN3O3. The Bertz CT molecular complexity index is 940. The fraction of sp³-hybridized carbons (Fsp3) is 0.150. The van der Waals surface area contributed by atoms with Gasteiger partial charge in [-0.15, -0.1) is 0 Å². The summed E-state index contributed by atoms with van der Waals surface area (Å²) < 4.78 is 5.67. The van der Waals surface area contributed by atoms with E-state index in [2.05, 4.69) is 10.3 Å². The van der Waals surface area contributed by atoms with Crippen molar-refractivity contribution in [2.24, 2.45) is 5.73 Å². The molecule has 0 unspecified atom stereocenters. The molecule has 1 aromatic heterocycles. The molecule has 2 amide bonds. The van der Waals surface area contributed by atoms with Gasteiger partial charge in [-0.1, -0.05) is 54.1 Å². The predicted octanol–water partition coefficient (Wildman–Crippen LogP) is 3.27. The van der Waals surface area contributed by atoms with Crippen molar-refractivity contribution in [2.75, 3.05) is 0 Å². The zero-order valence-corrected chi connectivity index (χ0v) is 15.1. The van der Waals surface area contributed by atoms with E-state index in [-0.39, 0.29) is 18.7 Å². The summed E-state index contributed by atoms with van der Waals surface area (Å²) in [7, 11) is 0. The van der Waals surface area contributed by atoms with Crippen LogP contribution in [0.4, 0.5) is 0 Å². The lowest BCUT2D eigenvalue weighted by Crippen LogP contribution is -2.37. The third-order valence-electron chi connectivity index (χ3n) is 3.98. The number of nitrogens with one attached hydrogen (secondary N) is 1. The van der Waals surface area contributed by atoms with Crippen LogP contribution in [0.1, 0.15) is 23.9 Å². The lowest BCUT2D eigenvalue weighted by atomic mass is 10.1. The number of amides is 2. The molecular weight excluding hydrogens is 366 g/mol. The molecule has 1 heterocycles. The number of nitrogens with zero attached hydrogens (tertiary/aromatic N) is 1. The van der Waals surface area contributed by atoms with Gasteiger partial charge in [0.25, 0.3) is 0 Å². The van der Waals surface area contributed by atoms with Crippen LogP contribution in [0.3, 0.4) is 0 Å². The van der Waals surface area contributed by atoms with E-state index in [9.17, 15) is 9.59 Å². The average molecular weight is 384 g/mol. The highest BCUT2D eigenvalue weighted by molar-refractivity contribution is 6.33. The van der Waals surface area contributed by atoms with Crippen molar-refractivity contribution in [2.45, 2.75) is 18.9 Å². The van der Waals surface area contributed by atoms with E-state index in [1.54, 1.807) is 36.5 Å². The molecule has 2 aromatic carbocycles. The molecule has 0 aliphatic carbocycles. The normalized spacial score (nSPS) is 11.7. The first kappa shape index (κ1) is 18.7. The summed E-state index contributed by atoms with van der Waals surface area (Å²) in [5.74, 6) is 0.0116. The van der Waals surface area contributed by atoms with Gasteiger partial charge >= 0.3 is 0 Å². The van der Waals surface area contributed by atoms with E-state index in [1.165, 1.54) is 0 Å². The van der Waals surface area contributed by atoms with Gasteiger partial charge in [0.1, 0.15) is 6.04 Å². The van der Waals surface area contributed by atoms with Crippen molar-refractivity contribution in [3.8, 4) is 11.3 Å². The molecule has 7 heteroatoms. The van der Waals surface area contributed by atoms with Gasteiger partial charge in [-0.3, -0.25) is 9.59 Å². The maximum atomic E-state index is 12.2. The predicted molar refractivity (Wildman–Crippen MR) is 102 cm³/mol. The number of aromatic nitrogens is 1. The Labute approximate surface area is 161 Å². The lowest BCUT2D eigenvalue weighted by Gasteiger charge is -2.15. The van der Waals surface area contributed by atoms with Crippen LogP contribution in [0.25, 0.3) is 11.3 Å². The van der Waals surface area contributed by atoms with E-state index in [0.717, 1.165) is 5.56 Å². The lowest BCUT2D eigenvalue weighted by molar-refractivity contribution is -0.127. The molecule has 1 atom stereocenters. The Kier molecular flexibility index (Phi) is 5.88. The van der Waals surface area contributed by atoms with Crippen molar-refractivity contribution in [1.82, 2.24) is 10.3 Å². The monoisotopic (exact) mass is 383 g/mol. The van der Waals surface area contributed by atoms with E-state index in [4.69, 9.17) is 21.8 Å². The van der Waals surface area contributed by atoms with Crippen LogP contribution in [-0.4, -0.2) is 16.8 Å². The summed E-state index contributed by atoms with van der Waals surface area (Å²) in [4.78, 5) is 28.1. The molecule has 0 spiro atoms. The molecule has 0 bridgehead atoms. The summed E-state index contributed by atoms with van der Waals surface area (Å²) in [6.07, 6.45) is 1.97. The Morgan fingerprint density at radius 1 is 1.11 bits per heavy atom. The molecule has 27 heavy (non-hydrogen) atoms. The number of carbonyl (C=O) groups excluding carboxylic acids is 2. The van der Waals surface area contributed by atoms with Gasteiger partial charge in [-0.05, 0) is 17.7 Å². The number of rotatable bonds is 7. The number of carbonyl (C=O) groups is 2. The quantitative estimate of drug-likeness (QED) is 0.654. The van der Waals surface area contributed by atoms with E-state index in [1.807, 2.05) is 24.3 Å². The van der Waals surface area contributed by atoms with E-state index in [0.29, 0.717) is 22.2 Å². The smallest absolute Gasteiger partial charge is 0.244 e. The number of halogens is 1. The van der Waals surface area contributed by atoms with Crippen molar-refractivity contribution in [3.05, 3.63) is 77.3 Å². The van der Waals surface area contributed by atoms with Gasteiger partial charge < -0.3 is 15.5 Å². The minimum atomic E-state index is -0.873. The fourth-order valence-corrected chi connectivity index (χ4v) is 2.86. The van der Waals surface area contributed by atoms with Gasteiger partial charge in [0.2, 0.25) is 11.8 Å². The zero-order chi connectivity index (χ0) is 19.2. The molecule has 0 saturated heterocycles. The summed E-state index contributed by atoms with van der Waals surface area (Å²) >= 11 is 6.15. The SMILES string of the molecule is NC(=O)[C@H](NC(=O)CCc1ncc(-c2ccccc2Cl)o1)c1ccccc1. The Morgan fingerprint density at radius 3 is 2.52 bits per heavy atom. The first-order valence-electron chi connectivity index (χ1n) is 8.38. The number of hydrogen-bond acceptors (Lipinski definition) is 4. The number of primary amides is 1. The molecule has 0 fully saturated rings. The number of hydrogen-bond donors (Lipinski definition) is 2. The number of oxazole rings is 1. The summed E-state index contributed by atoms with van der Waals surface area (Å²) in [6, 6.07) is 15.3. The summed E-state index contributed by atoms with van der Waals surface area (Å²) in [5, 5.41) is 3.21. The fourth-order valence-electron chi connectivity index (χ4n) is 2.63. The molecule has 0 aliphatic rings. The topological polar surface area (TPSA) is 98.2 Å². The second-order valence-corrected chi connectivity index (χ2v) is 6.32. The van der Waals surface area contributed by atoms with Crippen LogP contribution in [0, 0.1) is 0 Å². The van der Waals surface area contributed by atoms with Crippen LogP contribution >= 0.6 is 11.6 Å². The molecule has 6 nitrogen and oxygen atoms in total. The minimum Gasteiger partial charge on any atom is -0.441 e. The summed E-state index contributed by atoms with van der Waals surface area (Å²) in [6.45, 7) is 0. The number of benzene rings is 2. The summed E-state index contributed by atoms with van der Waals surface area (Å²) in [5.41, 5.74) is 6.78. The van der Waals surface area contributed by atoms with Crippen LogP contribution in [0.2, 0.25) is 5.02 Å². The van der Waals surface area contributed by atoms with Gasteiger partial charge in [0, 0.05) is 18.4 Å². The zero-order valence-electron chi connectivity index (χ0n) is 14.4. The minimum absolute atomic E-state index is 0.110. The second kappa shape index (κ2) is 8.51. The van der Waals surface area contributed by atoms with E-state index < -0.39 is 11.9 Å². The molecule has 0 aliphatic heterocycles. The number of aryl methyl sites for hydroxylation is 1. The molecule has 0 radical (unpaired) electrons. The van der Waals surface area contributed by atoms with Crippen molar-refractivity contribution in [3.63, 3.8) is 0 Å². The Balaban J connectivity index is 1.61. The Hall–Kier alpha value is -3.12. The van der Waals surface area contributed by atoms with Crippen LogP contribution in [-0.2, 0) is 16.0 Å². The first-order valence-corrected chi connectivity index (χ1v) is 8.75. The van der Waals surface area contributed by atoms with Crippen LogP contribution in [0.5, 0.6) is 0 Å². The van der Waals surface area contributed by atoms with Crippen LogP contribution < -0.4 is 11.1 Å². The number of nitrogens with two attached hydrogens (primary N) is 1. The highest BCUT2D eigenvalue weighted by atomic mass is 35.5. The molecule has 3 aromatic rings. The van der Waals surface area contributed by atoms with Crippen molar-refractivity contribution in [1.29, 1.82) is 0 Å². The van der Waals surface area contributed by atoms with Crippen molar-refractivity contribution < 1.29 is 14.0 Å². The second-order valence-electron chi connectivity index (χ2n) is 5.91. The average Bonchev–Trinajstić information content (AvgIpc) is 3.14. The van der Waals surface area contributed by atoms with Gasteiger partial charge in [0.15, 0.2) is 11.7 Å². The van der Waals surface area contributed by atoms with Gasteiger partial charge in [-0.25, -0.2) is 4.98 Å². The standard InChI is InChI=1S/C20H18ClN3O3/c21-15-9-5-4-8-14(15)16-12-23-18(27-16)11-10-17(25)24-19(20(22)26)13-6-2-1-3-7-13/h1-9,12,19H,10-11H2,(H2,22,26)(H,24,25)/t19-/m1/s1. The maximum Gasteiger partial charge on any atom is 0.244 e. The molecule has 3 rings (SSSR count). The molecule has 0 saturated carbocycles. The highest BCUT2D eigenvalue weighted by Gasteiger charge is 2.20. The highest BCUT2D eigenvalue weighted by Crippen LogP contribution is 2.28. The largest absolute Gasteiger partial charge is 0.441 e. The third-order valence-corrected chi connectivity index (χ3v) is 4.31. The molecule has 3 N–H and O–H groups in total. The third kappa shape index (κ3) is 4.74. The Morgan fingerprint density at radius 2 is 1.81 bits per heavy atom. The molecule has 138 valence electrons. The van der Waals surface area contributed by atoms with Gasteiger partial charge in [-0.2, -0.15) is 0 Å². The van der Waals surface area contributed by atoms with Crippen molar-refractivity contribution >= 4 is 23.4 Å². The van der Waals surface area contributed by atoms with E-state index >= 15 is 0 Å². The maximum absolute atomic E-state index is 12.2.